The zero-order valence-electron chi connectivity index (χ0n) is 18.5. The lowest BCUT2D eigenvalue weighted by atomic mass is 10.3. The number of carboxylic acids is 1. The second-order valence-corrected chi connectivity index (χ2v) is 7.47. The molecule has 0 unspecified atom stereocenters. The van der Waals surface area contributed by atoms with Crippen molar-refractivity contribution in [1.29, 1.82) is 0 Å². The molecular weight excluding hydrogens is 430 g/mol. The molecule has 0 aliphatic rings. The molecule has 0 aliphatic carbocycles. The van der Waals surface area contributed by atoms with Gasteiger partial charge in [0.2, 0.25) is 0 Å². The Kier molecular flexibility index (Phi) is 6.96. The Morgan fingerprint density at radius 1 is 0.879 bits per heavy atom. The first-order valence-electron chi connectivity index (χ1n) is 10.1. The van der Waals surface area contributed by atoms with Crippen LogP contribution < -0.4 is 16.0 Å². The van der Waals surface area contributed by atoms with E-state index >= 15 is 0 Å². The number of amides is 3. The summed E-state index contributed by atoms with van der Waals surface area (Å²) >= 11 is 0. The van der Waals surface area contributed by atoms with Crippen LogP contribution in [0.5, 0.6) is 0 Å². The van der Waals surface area contributed by atoms with Crippen LogP contribution in [0.15, 0.2) is 36.9 Å². The molecule has 174 valence electrons. The first-order chi connectivity index (χ1) is 15.7. The van der Waals surface area contributed by atoms with Crippen molar-refractivity contribution in [2.45, 2.75) is 12.8 Å². The molecule has 4 N–H and O–H groups in total. The third kappa shape index (κ3) is 5.67. The molecule has 0 atom stereocenters. The van der Waals surface area contributed by atoms with E-state index < -0.39 is 17.8 Å². The number of aromatic nitrogens is 4. The second-order valence-electron chi connectivity index (χ2n) is 7.47. The predicted octanol–water partition coefficient (Wildman–Crippen LogP) is 1.20. The number of aliphatic carboxylic acids is 1. The summed E-state index contributed by atoms with van der Waals surface area (Å²) in [5.41, 5.74) is 1.47. The number of imidazole rings is 1. The molecule has 33 heavy (non-hydrogen) atoms. The normalized spacial score (nSPS) is 10.6. The van der Waals surface area contributed by atoms with Crippen molar-refractivity contribution in [3.05, 3.63) is 54.1 Å². The van der Waals surface area contributed by atoms with Gasteiger partial charge in [0, 0.05) is 58.9 Å². The molecule has 0 saturated heterocycles. The Bertz CT molecular complexity index is 1200. The summed E-state index contributed by atoms with van der Waals surface area (Å²) in [5, 5.41) is 16.7. The molecular formula is C21H25N7O5. The number of carboxylic acid groups (broad SMARTS) is 1. The molecule has 3 heterocycles. The van der Waals surface area contributed by atoms with Crippen molar-refractivity contribution < 1.29 is 24.3 Å². The summed E-state index contributed by atoms with van der Waals surface area (Å²) in [6.45, 7) is 0.230. The number of hydrogen-bond acceptors (Lipinski definition) is 5. The molecule has 3 rings (SSSR count). The van der Waals surface area contributed by atoms with Crippen molar-refractivity contribution >= 4 is 35.1 Å². The van der Waals surface area contributed by atoms with E-state index in [1.54, 1.807) is 53.4 Å². The minimum atomic E-state index is -0.923. The van der Waals surface area contributed by atoms with Crippen molar-refractivity contribution in [3.8, 4) is 0 Å². The fourth-order valence-electron chi connectivity index (χ4n) is 3.22. The van der Waals surface area contributed by atoms with Gasteiger partial charge in [-0.3, -0.25) is 19.2 Å². The van der Waals surface area contributed by atoms with Crippen LogP contribution in [0.3, 0.4) is 0 Å². The van der Waals surface area contributed by atoms with Crippen molar-refractivity contribution in [2.24, 2.45) is 21.1 Å². The molecule has 0 radical (unpaired) electrons. The summed E-state index contributed by atoms with van der Waals surface area (Å²) in [6, 6.07) is 3.06. The minimum Gasteiger partial charge on any atom is -0.481 e. The summed E-state index contributed by atoms with van der Waals surface area (Å²) in [4.78, 5) is 52.0. The molecule has 3 amide bonds. The third-order valence-corrected chi connectivity index (χ3v) is 4.87. The molecule has 12 nitrogen and oxygen atoms in total. The van der Waals surface area contributed by atoms with Gasteiger partial charge in [0.15, 0.2) is 5.82 Å². The van der Waals surface area contributed by atoms with E-state index in [0.717, 1.165) is 0 Å². The van der Waals surface area contributed by atoms with Crippen LogP contribution in [0.25, 0.3) is 0 Å². The molecule has 0 spiro atoms. The van der Waals surface area contributed by atoms with Gasteiger partial charge in [0.05, 0.1) is 11.4 Å². The summed E-state index contributed by atoms with van der Waals surface area (Å²) in [6.07, 6.45) is 6.66. The molecule has 0 bridgehead atoms. The van der Waals surface area contributed by atoms with Gasteiger partial charge in [-0.2, -0.15) is 0 Å². The number of rotatable bonds is 9. The van der Waals surface area contributed by atoms with Gasteiger partial charge in [-0.15, -0.1) is 0 Å². The molecule has 3 aromatic heterocycles. The largest absolute Gasteiger partial charge is 0.481 e. The van der Waals surface area contributed by atoms with E-state index in [-0.39, 0.29) is 24.7 Å². The monoisotopic (exact) mass is 455 g/mol. The lowest BCUT2D eigenvalue weighted by molar-refractivity contribution is -0.137. The van der Waals surface area contributed by atoms with Crippen molar-refractivity contribution in [3.63, 3.8) is 0 Å². The van der Waals surface area contributed by atoms with Gasteiger partial charge in [0.1, 0.15) is 11.4 Å². The number of carbonyl (C=O) groups excluding carboxylic acids is 3. The maximum Gasteiger partial charge on any atom is 0.303 e. The fourth-order valence-corrected chi connectivity index (χ4v) is 3.22. The second kappa shape index (κ2) is 9.85. The summed E-state index contributed by atoms with van der Waals surface area (Å²) < 4.78 is 4.72. The molecule has 0 saturated carbocycles. The number of carbonyl (C=O) groups is 4. The van der Waals surface area contributed by atoms with Gasteiger partial charge >= 0.3 is 5.97 Å². The average molecular weight is 455 g/mol. The fraction of sp³-hybridized carbons (Fsp3) is 0.286. The molecule has 3 aromatic rings. The number of anilines is 2. The Hall–Kier alpha value is -4.35. The van der Waals surface area contributed by atoms with Crippen LogP contribution in [0.2, 0.25) is 0 Å². The van der Waals surface area contributed by atoms with E-state index in [0.29, 0.717) is 29.2 Å². The molecule has 0 aliphatic heterocycles. The van der Waals surface area contributed by atoms with E-state index in [4.69, 9.17) is 5.11 Å². The zero-order valence-corrected chi connectivity index (χ0v) is 18.5. The topological polar surface area (TPSA) is 152 Å². The number of nitrogens with zero attached hydrogens (tertiary/aromatic N) is 4. The van der Waals surface area contributed by atoms with Crippen LogP contribution in [-0.2, 0) is 25.9 Å². The lowest BCUT2D eigenvalue weighted by Gasteiger charge is -2.04. The standard InChI is InChI=1S/C21H25N7O5/c1-26-8-7-22-18(26)21(33)25-14-10-16(28(3)12-14)20(32)24-13-9-15(27(2)11-13)19(31)23-6-4-5-17(29)30/h7-12H,4-6H2,1-3H3,(H,23,31)(H,24,32)(H,25,33)(H,29,30). The Morgan fingerprint density at radius 3 is 2.00 bits per heavy atom. The first kappa shape index (κ1) is 23.3. The maximum absolute atomic E-state index is 12.8. The summed E-state index contributed by atoms with van der Waals surface area (Å²) in [5.74, 6) is -1.88. The van der Waals surface area contributed by atoms with Gasteiger partial charge in [-0.05, 0) is 18.6 Å². The van der Waals surface area contributed by atoms with E-state index in [1.165, 1.54) is 18.3 Å². The maximum atomic E-state index is 12.8. The molecule has 0 aromatic carbocycles. The highest BCUT2D eigenvalue weighted by atomic mass is 16.4. The quantitative estimate of drug-likeness (QED) is 0.356. The first-order valence-corrected chi connectivity index (χ1v) is 10.1. The zero-order chi connectivity index (χ0) is 24.1. The van der Waals surface area contributed by atoms with Crippen LogP contribution >= 0.6 is 0 Å². The highest BCUT2D eigenvalue weighted by molar-refractivity contribution is 6.06. The van der Waals surface area contributed by atoms with E-state index in [9.17, 15) is 19.2 Å². The SMILES string of the molecule is Cn1cc(NC(=O)c2cc(NC(=O)c3nccn3C)cn2C)cc1C(=O)NCCCC(=O)O. The number of aryl methyl sites for hydroxylation is 3. The predicted molar refractivity (Wildman–Crippen MR) is 119 cm³/mol. The minimum absolute atomic E-state index is 0.0322. The van der Waals surface area contributed by atoms with Crippen molar-refractivity contribution in [2.75, 3.05) is 17.2 Å². The Morgan fingerprint density at radius 2 is 1.45 bits per heavy atom. The third-order valence-electron chi connectivity index (χ3n) is 4.87. The smallest absolute Gasteiger partial charge is 0.303 e. The average Bonchev–Trinajstić information content (AvgIpc) is 3.43. The van der Waals surface area contributed by atoms with Gasteiger partial charge in [0.25, 0.3) is 17.7 Å². The molecule has 0 fully saturated rings. The van der Waals surface area contributed by atoms with Crippen LogP contribution in [-0.4, -0.2) is 54.0 Å². The Balaban J connectivity index is 1.63. The van der Waals surface area contributed by atoms with Crippen LogP contribution in [0.1, 0.15) is 44.4 Å². The van der Waals surface area contributed by atoms with Crippen LogP contribution in [0, 0.1) is 0 Å². The van der Waals surface area contributed by atoms with Crippen LogP contribution in [0.4, 0.5) is 11.4 Å². The number of hydrogen-bond donors (Lipinski definition) is 4. The highest BCUT2D eigenvalue weighted by Crippen LogP contribution is 2.18. The van der Waals surface area contributed by atoms with Gasteiger partial charge in [-0.1, -0.05) is 0 Å². The van der Waals surface area contributed by atoms with Gasteiger partial charge < -0.3 is 34.8 Å². The Labute approximate surface area is 189 Å². The summed E-state index contributed by atoms with van der Waals surface area (Å²) in [7, 11) is 5.04. The van der Waals surface area contributed by atoms with E-state index in [2.05, 4.69) is 20.9 Å². The lowest BCUT2D eigenvalue weighted by Crippen LogP contribution is -2.26. The molecule has 12 heteroatoms. The number of nitrogens with one attached hydrogen (secondary N) is 3. The van der Waals surface area contributed by atoms with Gasteiger partial charge in [-0.25, -0.2) is 4.98 Å². The van der Waals surface area contributed by atoms with Crippen molar-refractivity contribution in [1.82, 2.24) is 24.0 Å². The van der Waals surface area contributed by atoms with E-state index in [1.807, 2.05) is 0 Å². The highest BCUT2D eigenvalue weighted by Gasteiger charge is 2.18.